The smallest absolute Gasteiger partial charge is 0.270 e. The van der Waals surface area contributed by atoms with Crippen molar-refractivity contribution in [2.75, 3.05) is 0 Å². The Morgan fingerprint density at radius 2 is 2.12 bits per heavy atom. The summed E-state index contributed by atoms with van der Waals surface area (Å²) in [7, 11) is 0. The Kier molecular flexibility index (Phi) is 2.64. The SMILES string of the molecule is CC(C)Cn1ccc2cc([N+](=O)[O-])ccc21. The molecule has 0 spiro atoms. The molecule has 0 radical (unpaired) electrons. The molecule has 1 aromatic carbocycles. The molecule has 0 aliphatic rings. The van der Waals surface area contributed by atoms with Crippen molar-refractivity contribution in [3.05, 3.63) is 40.6 Å². The van der Waals surface area contributed by atoms with Gasteiger partial charge in [0.2, 0.25) is 0 Å². The second-order valence-electron chi connectivity index (χ2n) is 4.36. The van der Waals surface area contributed by atoms with E-state index in [-0.39, 0.29) is 10.6 Å². The standard InChI is InChI=1S/C12H14N2O2/c1-9(2)8-13-6-5-10-7-11(14(15)16)3-4-12(10)13/h3-7,9H,8H2,1-2H3. The maximum absolute atomic E-state index is 10.6. The highest BCUT2D eigenvalue weighted by Gasteiger charge is 2.08. The molecule has 2 rings (SSSR count). The van der Waals surface area contributed by atoms with Gasteiger partial charge in [0.25, 0.3) is 5.69 Å². The van der Waals surface area contributed by atoms with E-state index in [2.05, 4.69) is 18.4 Å². The fraction of sp³-hybridized carbons (Fsp3) is 0.333. The quantitative estimate of drug-likeness (QED) is 0.586. The van der Waals surface area contributed by atoms with E-state index >= 15 is 0 Å². The van der Waals surface area contributed by atoms with E-state index in [1.807, 2.05) is 18.3 Å². The second kappa shape index (κ2) is 3.96. The van der Waals surface area contributed by atoms with Gasteiger partial charge in [-0.2, -0.15) is 0 Å². The van der Waals surface area contributed by atoms with Crippen molar-refractivity contribution in [2.45, 2.75) is 20.4 Å². The number of benzene rings is 1. The molecule has 4 nitrogen and oxygen atoms in total. The fourth-order valence-corrected chi connectivity index (χ4v) is 1.85. The summed E-state index contributed by atoms with van der Waals surface area (Å²) in [6.45, 7) is 5.23. The summed E-state index contributed by atoms with van der Waals surface area (Å²) in [5.74, 6) is 0.561. The molecule has 2 aromatic rings. The van der Waals surface area contributed by atoms with Crippen LogP contribution >= 0.6 is 0 Å². The Balaban J connectivity index is 2.46. The molecule has 1 heterocycles. The van der Waals surface area contributed by atoms with Crippen LogP contribution in [-0.4, -0.2) is 9.49 Å². The van der Waals surface area contributed by atoms with Gasteiger partial charge in [-0.1, -0.05) is 13.8 Å². The maximum Gasteiger partial charge on any atom is 0.270 e. The van der Waals surface area contributed by atoms with Crippen molar-refractivity contribution in [1.82, 2.24) is 4.57 Å². The van der Waals surface area contributed by atoms with Crippen molar-refractivity contribution in [3.63, 3.8) is 0 Å². The molecular weight excluding hydrogens is 204 g/mol. The van der Waals surface area contributed by atoms with Gasteiger partial charge in [0.1, 0.15) is 0 Å². The lowest BCUT2D eigenvalue weighted by atomic mass is 10.2. The van der Waals surface area contributed by atoms with E-state index in [9.17, 15) is 10.1 Å². The average Bonchev–Trinajstić information content (AvgIpc) is 2.60. The Morgan fingerprint density at radius 1 is 1.38 bits per heavy atom. The summed E-state index contributed by atoms with van der Waals surface area (Å²) in [5, 5.41) is 11.6. The Hall–Kier alpha value is -1.84. The van der Waals surface area contributed by atoms with Crippen LogP contribution in [0.25, 0.3) is 10.9 Å². The lowest BCUT2D eigenvalue weighted by molar-refractivity contribution is -0.384. The maximum atomic E-state index is 10.6. The number of nitrogens with zero attached hydrogens (tertiary/aromatic N) is 2. The molecule has 0 atom stereocenters. The van der Waals surface area contributed by atoms with Crippen LogP contribution in [0.2, 0.25) is 0 Å². The summed E-state index contributed by atoms with van der Waals surface area (Å²) in [6, 6.07) is 6.91. The third-order valence-electron chi connectivity index (χ3n) is 2.53. The number of hydrogen-bond donors (Lipinski definition) is 0. The topological polar surface area (TPSA) is 48.1 Å². The summed E-state index contributed by atoms with van der Waals surface area (Å²) in [6.07, 6.45) is 1.98. The lowest BCUT2D eigenvalue weighted by Gasteiger charge is -2.07. The van der Waals surface area contributed by atoms with Crippen LogP contribution in [0.1, 0.15) is 13.8 Å². The zero-order chi connectivity index (χ0) is 11.7. The third-order valence-corrected chi connectivity index (χ3v) is 2.53. The van der Waals surface area contributed by atoms with Crippen molar-refractivity contribution < 1.29 is 4.92 Å². The fourth-order valence-electron chi connectivity index (χ4n) is 1.85. The molecule has 4 heteroatoms. The van der Waals surface area contributed by atoms with Gasteiger partial charge >= 0.3 is 0 Å². The van der Waals surface area contributed by atoms with Crippen molar-refractivity contribution >= 4 is 16.6 Å². The predicted molar refractivity (Wildman–Crippen MR) is 63.4 cm³/mol. The van der Waals surface area contributed by atoms with E-state index in [0.717, 1.165) is 17.4 Å². The molecule has 0 aliphatic heterocycles. The molecule has 84 valence electrons. The van der Waals surface area contributed by atoms with E-state index in [0.29, 0.717) is 5.92 Å². The molecule has 0 unspecified atom stereocenters. The summed E-state index contributed by atoms with van der Waals surface area (Å²) < 4.78 is 2.13. The van der Waals surface area contributed by atoms with Crippen molar-refractivity contribution in [1.29, 1.82) is 0 Å². The van der Waals surface area contributed by atoms with Gasteiger partial charge in [0, 0.05) is 35.8 Å². The minimum atomic E-state index is -0.362. The number of aromatic nitrogens is 1. The van der Waals surface area contributed by atoms with Gasteiger partial charge in [-0.05, 0) is 18.1 Å². The number of non-ortho nitro benzene ring substituents is 1. The highest BCUT2D eigenvalue weighted by Crippen LogP contribution is 2.22. The van der Waals surface area contributed by atoms with Crippen LogP contribution in [0.15, 0.2) is 30.5 Å². The van der Waals surface area contributed by atoms with E-state index < -0.39 is 0 Å². The first-order valence-corrected chi connectivity index (χ1v) is 5.31. The van der Waals surface area contributed by atoms with E-state index in [1.165, 1.54) is 0 Å². The van der Waals surface area contributed by atoms with Gasteiger partial charge in [0.05, 0.1) is 4.92 Å². The van der Waals surface area contributed by atoms with Crippen molar-refractivity contribution in [2.24, 2.45) is 5.92 Å². The normalized spacial score (nSPS) is 11.2. The number of hydrogen-bond acceptors (Lipinski definition) is 2. The Bertz CT molecular complexity index is 529. The van der Waals surface area contributed by atoms with Gasteiger partial charge in [-0.3, -0.25) is 10.1 Å². The van der Waals surface area contributed by atoms with Crippen LogP contribution < -0.4 is 0 Å². The Morgan fingerprint density at radius 3 is 2.75 bits per heavy atom. The molecule has 0 bridgehead atoms. The molecule has 0 amide bonds. The summed E-state index contributed by atoms with van der Waals surface area (Å²) in [4.78, 5) is 10.3. The predicted octanol–water partition coefficient (Wildman–Crippen LogP) is 3.21. The highest BCUT2D eigenvalue weighted by atomic mass is 16.6. The van der Waals surface area contributed by atoms with Crippen LogP contribution in [0.4, 0.5) is 5.69 Å². The molecule has 16 heavy (non-hydrogen) atoms. The third kappa shape index (κ3) is 1.91. The molecule has 0 aliphatic carbocycles. The molecule has 0 saturated carbocycles. The second-order valence-corrected chi connectivity index (χ2v) is 4.36. The Labute approximate surface area is 93.6 Å². The number of fused-ring (bicyclic) bond motifs is 1. The molecule has 0 fully saturated rings. The van der Waals surface area contributed by atoms with Gasteiger partial charge < -0.3 is 4.57 Å². The number of nitro groups is 1. The van der Waals surface area contributed by atoms with Gasteiger partial charge in [0.15, 0.2) is 0 Å². The molecule has 1 aromatic heterocycles. The van der Waals surface area contributed by atoms with E-state index in [4.69, 9.17) is 0 Å². The van der Waals surface area contributed by atoms with Crippen LogP contribution in [-0.2, 0) is 6.54 Å². The number of rotatable bonds is 3. The van der Waals surface area contributed by atoms with Crippen LogP contribution in [0.3, 0.4) is 0 Å². The molecular formula is C12H14N2O2. The first kappa shape index (κ1) is 10.7. The van der Waals surface area contributed by atoms with Crippen molar-refractivity contribution in [3.8, 4) is 0 Å². The summed E-state index contributed by atoms with van der Waals surface area (Å²) in [5.41, 5.74) is 1.20. The largest absolute Gasteiger partial charge is 0.347 e. The monoisotopic (exact) mass is 218 g/mol. The zero-order valence-electron chi connectivity index (χ0n) is 9.38. The van der Waals surface area contributed by atoms with Gasteiger partial charge in [-0.25, -0.2) is 0 Å². The highest BCUT2D eigenvalue weighted by molar-refractivity contribution is 5.82. The average molecular weight is 218 g/mol. The van der Waals surface area contributed by atoms with Crippen LogP contribution in [0.5, 0.6) is 0 Å². The molecule has 0 saturated heterocycles. The van der Waals surface area contributed by atoms with E-state index in [1.54, 1.807) is 12.1 Å². The van der Waals surface area contributed by atoms with Crippen LogP contribution in [0, 0.1) is 16.0 Å². The summed E-state index contributed by atoms with van der Waals surface area (Å²) >= 11 is 0. The minimum absolute atomic E-state index is 0.148. The first-order valence-electron chi connectivity index (χ1n) is 5.31. The minimum Gasteiger partial charge on any atom is -0.347 e. The van der Waals surface area contributed by atoms with Gasteiger partial charge in [-0.15, -0.1) is 0 Å². The first-order chi connectivity index (χ1) is 7.58. The lowest BCUT2D eigenvalue weighted by Crippen LogP contribution is -2.02. The number of nitro benzene ring substituents is 1. The zero-order valence-corrected chi connectivity index (χ0v) is 9.38. The molecule has 0 N–H and O–H groups in total.